The Hall–Kier alpha value is -2.69. The number of amides is 1. The molecule has 0 aliphatic heterocycles. The number of aldehydes is 1. The van der Waals surface area contributed by atoms with Crippen LogP contribution in [0.4, 0.5) is 0 Å². The fourth-order valence-electron chi connectivity index (χ4n) is 1.59. The van der Waals surface area contributed by atoms with Crippen molar-refractivity contribution in [1.82, 2.24) is 10.3 Å². The number of carbonyl (C=O) groups excluding carboxylic acids is 2. The van der Waals surface area contributed by atoms with Crippen LogP contribution in [0.15, 0.2) is 47.4 Å². The highest BCUT2D eigenvalue weighted by atomic mass is 16.1. The van der Waals surface area contributed by atoms with Crippen molar-refractivity contribution >= 4 is 12.2 Å². The number of pyridine rings is 1. The normalized spacial score (nSPS) is 9.89. The van der Waals surface area contributed by atoms with E-state index < -0.39 is 0 Å². The molecule has 1 heterocycles. The Morgan fingerprint density at radius 2 is 2.11 bits per heavy atom. The van der Waals surface area contributed by atoms with Crippen LogP contribution in [-0.2, 0) is 6.54 Å². The lowest BCUT2D eigenvalue weighted by Crippen LogP contribution is -2.23. The number of hydrogen-bond acceptors (Lipinski definition) is 3. The highest BCUT2D eigenvalue weighted by Crippen LogP contribution is 2.03. The lowest BCUT2D eigenvalue weighted by Gasteiger charge is -2.05. The molecule has 0 aliphatic carbocycles. The average molecular weight is 256 g/mol. The van der Waals surface area contributed by atoms with Crippen molar-refractivity contribution in [2.24, 2.45) is 0 Å². The number of carbonyl (C=O) groups is 2. The van der Waals surface area contributed by atoms with Gasteiger partial charge in [0.15, 0.2) is 0 Å². The molecule has 0 fully saturated rings. The highest BCUT2D eigenvalue weighted by Gasteiger charge is 2.05. The third-order valence-corrected chi connectivity index (χ3v) is 2.59. The van der Waals surface area contributed by atoms with Gasteiger partial charge in [-0.05, 0) is 17.7 Å². The highest BCUT2D eigenvalue weighted by molar-refractivity contribution is 5.95. The number of hydrogen-bond donors (Lipinski definition) is 2. The van der Waals surface area contributed by atoms with Crippen LogP contribution in [-0.4, -0.2) is 17.2 Å². The van der Waals surface area contributed by atoms with E-state index in [2.05, 4.69) is 10.3 Å². The Morgan fingerprint density at radius 1 is 1.26 bits per heavy atom. The number of aromatic amines is 1. The van der Waals surface area contributed by atoms with Gasteiger partial charge in [0.05, 0.1) is 0 Å². The molecule has 5 nitrogen and oxygen atoms in total. The summed E-state index contributed by atoms with van der Waals surface area (Å²) in [4.78, 5) is 35.9. The van der Waals surface area contributed by atoms with Crippen molar-refractivity contribution in [2.45, 2.75) is 6.54 Å². The molecule has 0 bridgehead atoms. The van der Waals surface area contributed by atoms with Gasteiger partial charge < -0.3 is 10.3 Å². The van der Waals surface area contributed by atoms with Crippen LogP contribution in [0, 0.1) is 0 Å². The van der Waals surface area contributed by atoms with Gasteiger partial charge in [-0.3, -0.25) is 14.4 Å². The zero-order chi connectivity index (χ0) is 13.7. The van der Waals surface area contributed by atoms with Gasteiger partial charge in [-0.2, -0.15) is 0 Å². The van der Waals surface area contributed by atoms with E-state index in [4.69, 9.17) is 0 Å². The summed E-state index contributed by atoms with van der Waals surface area (Å²) in [6, 6.07) is 9.48. The molecule has 96 valence electrons. The maximum absolute atomic E-state index is 11.9. The Kier molecular flexibility index (Phi) is 3.87. The van der Waals surface area contributed by atoms with Gasteiger partial charge >= 0.3 is 0 Å². The van der Waals surface area contributed by atoms with Crippen molar-refractivity contribution in [3.8, 4) is 0 Å². The Balaban J connectivity index is 2.02. The second kappa shape index (κ2) is 5.77. The summed E-state index contributed by atoms with van der Waals surface area (Å²) in [5.41, 5.74) is 1.49. The summed E-state index contributed by atoms with van der Waals surface area (Å²) in [6.07, 6.45) is 2.24. The van der Waals surface area contributed by atoms with Gasteiger partial charge in [-0.1, -0.05) is 18.2 Å². The molecule has 0 spiro atoms. The molecule has 0 aliphatic rings. The monoisotopic (exact) mass is 256 g/mol. The topological polar surface area (TPSA) is 79.0 Å². The lowest BCUT2D eigenvalue weighted by molar-refractivity contribution is 0.0951. The van der Waals surface area contributed by atoms with Gasteiger partial charge in [0.1, 0.15) is 6.29 Å². The first kappa shape index (κ1) is 12.8. The van der Waals surface area contributed by atoms with Gasteiger partial charge in [0, 0.05) is 29.9 Å². The summed E-state index contributed by atoms with van der Waals surface area (Å²) in [5, 5.41) is 2.71. The van der Waals surface area contributed by atoms with Crippen LogP contribution in [0.2, 0.25) is 0 Å². The predicted molar refractivity (Wildman–Crippen MR) is 70.1 cm³/mol. The molecule has 0 saturated heterocycles. The van der Waals surface area contributed by atoms with Gasteiger partial charge in [-0.25, -0.2) is 0 Å². The number of aromatic nitrogens is 1. The molecule has 0 atom stereocenters. The maximum Gasteiger partial charge on any atom is 0.251 e. The molecule has 1 aromatic carbocycles. The van der Waals surface area contributed by atoms with Crippen LogP contribution in [0.3, 0.4) is 0 Å². The molecule has 19 heavy (non-hydrogen) atoms. The first-order chi connectivity index (χ1) is 9.19. The summed E-state index contributed by atoms with van der Waals surface area (Å²) in [7, 11) is 0. The molecular weight excluding hydrogens is 244 g/mol. The van der Waals surface area contributed by atoms with Crippen LogP contribution in [0.1, 0.15) is 26.3 Å². The molecule has 0 saturated carbocycles. The van der Waals surface area contributed by atoms with E-state index in [9.17, 15) is 14.4 Å². The van der Waals surface area contributed by atoms with Gasteiger partial charge in [-0.15, -0.1) is 0 Å². The van der Waals surface area contributed by atoms with Crippen molar-refractivity contribution < 1.29 is 9.59 Å². The molecule has 2 N–H and O–H groups in total. The van der Waals surface area contributed by atoms with E-state index in [0.29, 0.717) is 24.0 Å². The minimum atomic E-state index is -0.269. The maximum atomic E-state index is 11.9. The Morgan fingerprint density at radius 3 is 2.79 bits per heavy atom. The average Bonchev–Trinajstić information content (AvgIpc) is 2.46. The predicted octanol–water partition coefficient (Wildman–Crippen LogP) is 1.12. The van der Waals surface area contributed by atoms with Crippen LogP contribution in [0.5, 0.6) is 0 Å². The molecule has 1 aromatic heterocycles. The third-order valence-electron chi connectivity index (χ3n) is 2.59. The smallest absolute Gasteiger partial charge is 0.251 e. The van der Waals surface area contributed by atoms with E-state index in [1.54, 1.807) is 30.5 Å². The van der Waals surface area contributed by atoms with E-state index in [-0.39, 0.29) is 11.5 Å². The fourth-order valence-corrected chi connectivity index (χ4v) is 1.59. The first-order valence-corrected chi connectivity index (χ1v) is 5.70. The third kappa shape index (κ3) is 3.38. The molecular formula is C14H12N2O3. The largest absolute Gasteiger partial charge is 0.348 e. The van der Waals surface area contributed by atoms with E-state index in [1.165, 1.54) is 12.1 Å². The second-order valence-corrected chi connectivity index (χ2v) is 3.99. The molecule has 5 heteroatoms. The summed E-state index contributed by atoms with van der Waals surface area (Å²) < 4.78 is 0. The van der Waals surface area contributed by atoms with Crippen molar-refractivity contribution in [2.75, 3.05) is 0 Å². The number of benzene rings is 1. The number of H-pyrrole nitrogens is 1. The van der Waals surface area contributed by atoms with E-state index in [1.807, 2.05) is 0 Å². The summed E-state index contributed by atoms with van der Waals surface area (Å²) in [6.45, 7) is 0.306. The fraction of sp³-hybridized carbons (Fsp3) is 0.0714. The Labute approximate surface area is 109 Å². The van der Waals surface area contributed by atoms with E-state index in [0.717, 1.165) is 5.56 Å². The zero-order valence-electron chi connectivity index (χ0n) is 10.1. The number of nitrogens with one attached hydrogen (secondary N) is 2. The standard InChI is InChI=1S/C14H12N2O3/c17-9-10-2-1-3-12(6-10)14(19)16-8-11-4-5-13(18)15-7-11/h1-7,9H,8H2,(H,15,18)(H,16,19). The molecule has 0 unspecified atom stereocenters. The molecule has 2 aromatic rings. The van der Waals surface area contributed by atoms with Crippen molar-refractivity contribution in [3.63, 3.8) is 0 Å². The van der Waals surface area contributed by atoms with Crippen molar-refractivity contribution in [1.29, 1.82) is 0 Å². The van der Waals surface area contributed by atoms with Crippen LogP contribution in [0.25, 0.3) is 0 Å². The van der Waals surface area contributed by atoms with Crippen LogP contribution >= 0.6 is 0 Å². The minimum Gasteiger partial charge on any atom is -0.348 e. The molecule has 2 rings (SSSR count). The van der Waals surface area contributed by atoms with Crippen LogP contribution < -0.4 is 10.9 Å². The lowest BCUT2D eigenvalue weighted by atomic mass is 10.1. The first-order valence-electron chi connectivity index (χ1n) is 5.70. The van der Waals surface area contributed by atoms with E-state index >= 15 is 0 Å². The number of rotatable bonds is 4. The van der Waals surface area contributed by atoms with Gasteiger partial charge in [0.2, 0.25) is 5.56 Å². The van der Waals surface area contributed by atoms with Gasteiger partial charge in [0.25, 0.3) is 5.91 Å². The van der Waals surface area contributed by atoms with Crippen molar-refractivity contribution in [3.05, 3.63) is 69.6 Å². The zero-order valence-corrected chi connectivity index (χ0v) is 10.1. The Bertz CT molecular complexity index is 641. The quantitative estimate of drug-likeness (QED) is 0.804. The summed E-state index contributed by atoms with van der Waals surface area (Å²) >= 11 is 0. The molecule has 0 radical (unpaired) electrons. The minimum absolute atomic E-state index is 0.186. The molecule has 1 amide bonds. The summed E-state index contributed by atoms with van der Waals surface area (Å²) in [5.74, 6) is -0.269. The second-order valence-electron chi connectivity index (χ2n) is 3.99. The SMILES string of the molecule is O=Cc1cccc(C(=O)NCc2ccc(=O)[nH]c2)c1.